The Balaban J connectivity index is 1.88. The van der Waals surface area contributed by atoms with Gasteiger partial charge in [0.15, 0.2) is 0 Å². The highest BCUT2D eigenvalue weighted by Gasteiger charge is 2.46. The molecule has 3 rings (SSSR count). The van der Waals surface area contributed by atoms with E-state index < -0.39 is 11.9 Å². The van der Waals surface area contributed by atoms with Crippen LogP contribution in [-0.4, -0.2) is 77.3 Å². The van der Waals surface area contributed by atoms with Crippen LogP contribution in [0.15, 0.2) is 29.8 Å². The van der Waals surface area contributed by atoms with Gasteiger partial charge in [0.05, 0.1) is 7.11 Å². The minimum Gasteiger partial charge on any atom is -0.497 e. The van der Waals surface area contributed by atoms with Crippen LogP contribution in [0.5, 0.6) is 5.75 Å². The summed E-state index contributed by atoms with van der Waals surface area (Å²) in [5.41, 5.74) is -0.00465. The average molecular weight is 529 g/mol. The number of hydrogen-bond acceptors (Lipinski definition) is 7. The van der Waals surface area contributed by atoms with Gasteiger partial charge in [-0.3, -0.25) is 9.80 Å². The highest BCUT2D eigenvalue weighted by Crippen LogP contribution is 2.40. The van der Waals surface area contributed by atoms with Gasteiger partial charge >= 0.3 is 11.9 Å². The maximum atomic E-state index is 13.6. The third kappa shape index (κ3) is 6.60. The molecule has 0 aromatic heterocycles. The fourth-order valence-corrected chi connectivity index (χ4v) is 6.22. The molecule has 0 aliphatic carbocycles. The summed E-state index contributed by atoms with van der Waals surface area (Å²) in [6.07, 6.45) is 3.68. The molecule has 2 saturated heterocycles. The van der Waals surface area contributed by atoms with Crippen LogP contribution in [0.25, 0.3) is 6.08 Å². The van der Waals surface area contributed by atoms with Gasteiger partial charge < -0.3 is 14.2 Å². The zero-order valence-electron chi connectivity index (χ0n) is 25.3. The van der Waals surface area contributed by atoms with E-state index in [0.29, 0.717) is 37.0 Å². The summed E-state index contributed by atoms with van der Waals surface area (Å²) in [6, 6.07) is 7.21. The second-order valence-corrected chi connectivity index (χ2v) is 13.6. The number of benzene rings is 1. The molecule has 7 heteroatoms. The van der Waals surface area contributed by atoms with Gasteiger partial charge in [-0.05, 0) is 93.3 Å². The summed E-state index contributed by atoms with van der Waals surface area (Å²) in [7, 11) is 5.81. The molecule has 1 aromatic rings. The van der Waals surface area contributed by atoms with Crippen molar-refractivity contribution in [3.8, 4) is 5.75 Å². The Morgan fingerprint density at radius 2 is 1.05 bits per heavy atom. The maximum Gasteiger partial charge on any atom is 0.345 e. The summed E-state index contributed by atoms with van der Waals surface area (Å²) in [5.74, 6) is -0.586. The van der Waals surface area contributed by atoms with Gasteiger partial charge in [0.1, 0.15) is 23.5 Å². The Labute approximate surface area is 229 Å². The van der Waals surface area contributed by atoms with Crippen molar-refractivity contribution in [2.75, 3.05) is 21.2 Å². The Kier molecular flexibility index (Phi) is 8.45. The third-order valence-electron chi connectivity index (χ3n) is 8.95. The number of esters is 2. The van der Waals surface area contributed by atoms with Crippen molar-refractivity contribution in [1.29, 1.82) is 0 Å². The van der Waals surface area contributed by atoms with Crippen molar-refractivity contribution < 1.29 is 23.8 Å². The van der Waals surface area contributed by atoms with Gasteiger partial charge in [-0.25, -0.2) is 9.59 Å². The summed E-state index contributed by atoms with van der Waals surface area (Å²) in [4.78, 5) is 31.8. The number of carbonyl (C=O) groups excluding carboxylic acids is 2. The summed E-state index contributed by atoms with van der Waals surface area (Å²) >= 11 is 0. The van der Waals surface area contributed by atoms with Crippen LogP contribution in [0.2, 0.25) is 0 Å². The topological polar surface area (TPSA) is 68.3 Å². The van der Waals surface area contributed by atoms with E-state index in [2.05, 4.69) is 79.3 Å². The minimum atomic E-state index is -0.640. The number of likely N-dealkylation sites (tertiary alicyclic amines) is 2. The molecule has 0 radical (unpaired) electrons. The largest absolute Gasteiger partial charge is 0.497 e. The van der Waals surface area contributed by atoms with Crippen molar-refractivity contribution in [3.63, 3.8) is 0 Å². The Bertz CT molecular complexity index is 961. The van der Waals surface area contributed by atoms with Crippen LogP contribution in [0.3, 0.4) is 0 Å². The second kappa shape index (κ2) is 10.6. The Morgan fingerprint density at radius 3 is 1.37 bits per heavy atom. The summed E-state index contributed by atoms with van der Waals surface area (Å²) in [5, 5.41) is 0. The lowest BCUT2D eigenvalue weighted by atomic mass is 9.78. The summed E-state index contributed by atoms with van der Waals surface area (Å²) < 4.78 is 17.3. The molecule has 0 N–H and O–H groups in total. The molecule has 0 saturated carbocycles. The van der Waals surface area contributed by atoms with Gasteiger partial charge in [0, 0.05) is 47.8 Å². The molecule has 2 aliphatic rings. The number of methoxy groups -OCH3 is 1. The number of nitrogens with zero attached hydrogens (tertiary/aromatic N) is 2. The highest BCUT2D eigenvalue weighted by molar-refractivity contribution is 6.17. The highest BCUT2D eigenvalue weighted by atomic mass is 16.6. The molecule has 212 valence electrons. The standard InChI is InChI=1S/C31H48N2O5/c1-28(2)17-23(18-29(3,4)32(28)9)37-26(34)25(16-21-12-14-22(36-11)15-13-21)27(35)38-24-19-30(5,6)33(10)31(7,8)20-24/h12-16,23-24H,17-20H2,1-11H3. The molecule has 38 heavy (non-hydrogen) atoms. The van der Waals surface area contributed by atoms with Crippen LogP contribution < -0.4 is 4.74 Å². The zero-order valence-corrected chi connectivity index (χ0v) is 25.3. The molecular weight excluding hydrogens is 480 g/mol. The van der Waals surface area contributed by atoms with Crippen LogP contribution >= 0.6 is 0 Å². The third-order valence-corrected chi connectivity index (χ3v) is 8.95. The van der Waals surface area contributed by atoms with E-state index in [9.17, 15) is 9.59 Å². The first-order valence-electron chi connectivity index (χ1n) is 13.6. The van der Waals surface area contributed by atoms with E-state index in [1.807, 2.05) is 12.1 Å². The molecule has 2 aliphatic heterocycles. The van der Waals surface area contributed by atoms with Crippen molar-refractivity contribution in [2.45, 2.75) is 115 Å². The van der Waals surface area contributed by atoms with Crippen LogP contribution in [0.4, 0.5) is 0 Å². The van der Waals surface area contributed by atoms with Crippen LogP contribution in [0.1, 0.15) is 86.6 Å². The molecule has 1 aromatic carbocycles. The van der Waals surface area contributed by atoms with Crippen molar-refractivity contribution in [3.05, 3.63) is 35.4 Å². The van der Waals surface area contributed by atoms with Gasteiger partial charge in [-0.15, -0.1) is 0 Å². The van der Waals surface area contributed by atoms with Crippen LogP contribution in [-0.2, 0) is 19.1 Å². The van der Waals surface area contributed by atoms with E-state index in [0.717, 1.165) is 0 Å². The Hall–Kier alpha value is -2.38. The molecule has 0 bridgehead atoms. The lowest BCUT2D eigenvalue weighted by Crippen LogP contribution is -2.60. The molecule has 0 spiro atoms. The molecule has 2 heterocycles. The number of piperidine rings is 2. The van der Waals surface area contributed by atoms with E-state index in [-0.39, 0.29) is 39.9 Å². The first-order chi connectivity index (χ1) is 17.4. The molecule has 0 atom stereocenters. The zero-order chi connectivity index (χ0) is 28.7. The maximum absolute atomic E-state index is 13.6. The molecule has 0 unspecified atom stereocenters. The van der Waals surface area contributed by atoms with E-state index in [1.54, 1.807) is 25.3 Å². The first-order valence-corrected chi connectivity index (χ1v) is 13.6. The number of hydrogen-bond donors (Lipinski definition) is 0. The quantitative estimate of drug-likeness (QED) is 0.210. The molecular formula is C31H48N2O5. The lowest BCUT2D eigenvalue weighted by molar-refractivity contribution is -0.162. The van der Waals surface area contributed by atoms with E-state index in [1.165, 1.54) is 0 Å². The molecule has 2 fully saturated rings. The average Bonchev–Trinajstić information content (AvgIpc) is 2.78. The Morgan fingerprint density at radius 1 is 0.711 bits per heavy atom. The van der Waals surface area contributed by atoms with E-state index >= 15 is 0 Å². The predicted molar refractivity (Wildman–Crippen MR) is 151 cm³/mol. The predicted octanol–water partition coefficient (Wildman–Crippen LogP) is 5.47. The first kappa shape index (κ1) is 30.2. The monoisotopic (exact) mass is 528 g/mol. The van der Waals surface area contributed by atoms with Crippen LogP contribution in [0, 0.1) is 0 Å². The van der Waals surface area contributed by atoms with Gasteiger partial charge in [-0.1, -0.05) is 12.1 Å². The van der Waals surface area contributed by atoms with Gasteiger partial charge in [0.25, 0.3) is 0 Å². The van der Waals surface area contributed by atoms with Crippen molar-refractivity contribution >= 4 is 18.0 Å². The SMILES string of the molecule is COc1ccc(C=C(C(=O)OC2CC(C)(C)N(C)C(C)(C)C2)C(=O)OC2CC(C)(C)N(C)C(C)(C)C2)cc1. The second-order valence-electron chi connectivity index (χ2n) is 13.6. The number of carbonyl (C=O) groups is 2. The van der Waals surface area contributed by atoms with Gasteiger partial charge in [0.2, 0.25) is 0 Å². The van der Waals surface area contributed by atoms with Crippen molar-refractivity contribution in [2.24, 2.45) is 0 Å². The minimum absolute atomic E-state index is 0.0840. The van der Waals surface area contributed by atoms with Gasteiger partial charge in [-0.2, -0.15) is 0 Å². The normalized spacial score (nSPS) is 23.3. The molecule has 0 amide bonds. The fraction of sp³-hybridized carbons (Fsp3) is 0.677. The number of ether oxygens (including phenoxy) is 3. The lowest BCUT2D eigenvalue weighted by Gasteiger charge is -2.53. The number of rotatable bonds is 6. The summed E-state index contributed by atoms with van der Waals surface area (Å²) in [6.45, 7) is 17.2. The smallest absolute Gasteiger partial charge is 0.345 e. The fourth-order valence-electron chi connectivity index (χ4n) is 6.22. The van der Waals surface area contributed by atoms with Crippen molar-refractivity contribution in [1.82, 2.24) is 9.80 Å². The van der Waals surface area contributed by atoms with E-state index in [4.69, 9.17) is 14.2 Å². The molecule has 7 nitrogen and oxygen atoms in total.